The number of nitrogens with two attached hydrogens (primary N) is 1. The molecular formula is C10H15N3S2. The maximum atomic E-state index is 5.91. The van der Waals surface area contributed by atoms with Crippen molar-refractivity contribution in [3.8, 4) is 0 Å². The first-order valence-corrected chi connectivity index (χ1v) is 7.20. The van der Waals surface area contributed by atoms with E-state index < -0.39 is 0 Å². The first kappa shape index (κ1) is 11.1. The Bertz CT molecular complexity index is 366. The van der Waals surface area contributed by atoms with Crippen LogP contribution in [0.1, 0.15) is 30.9 Å². The van der Waals surface area contributed by atoms with Crippen molar-refractivity contribution >= 4 is 29.3 Å². The fourth-order valence-electron chi connectivity index (χ4n) is 1.43. The molecule has 0 fully saturated rings. The predicted octanol–water partition coefficient (Wildman–Crippen LogP) is 2.45. The third-order valence-electron chi connectivity index (χ3n) is 2.20. The molecule has 3 nitrogen and oxygen atoms in total. The van der Waals surface area contributed by atoms with Crippen LogP contribution in [0.4, 0.5) is 5.82 Å². The molecule has 0 amide bonds. The Balaban J connectivity index is 2.16. The van der Waals surface area contributed by atoms with E-state index in [4.69, 9.17) is 5.73 Å². The monoisotopic (exact) mass is 241 g/mol. The summed E-state index contributed by atoms with van der Waals surface area (Å²) in [6, 6.07) is 0. The summed E-state index contributed by atoms with van der Waals surface area (Å²) < 4.78 is 0. The van der Waals surface area contributed by atoms with E-state index in [1.165, 1.54) is 0 Å². The van der Waals surface area contributed by atoms with E-state index in [1.54, 1.807) is 0 Å². The molecule has 0 aliphatic carbocycles. The Labute approximate surface area is 98.6 Å². The second-order valence-electron chi connectivity index (χ2n) is 3.80. The van der Waals surface area contributed by atoms with Crippen molar-refractivity contribution in [2.75, 3.05) is 5.73 Å². The maximum Gasteiger partial charge on any atom is 0.140 e. The number of anilines is 1. The molecule has 0 unspecified atom stereocenters. The molecule has 15 heavy (non-hydrogen) atoms. The molecule has 1 aromatic heterocycles. The lowest BCUT2D eigenvalue weighted by Gasteiger charge is -2.07. The third-order valence-corrected chi connectivity index (χ3v) is 4.26. The summed E-state index contributed by atoms with van der Waals surface area (Å²) in [6.07, 6.45) is 0. The summed E-state index contributed by atoms with van der Waals surface area (Å²) in [5.41, 5.74) is 8.20. The molecule has 0 aromatic carbocycles. The van der Waals surface area contributed by atoms with Gasteiger partial charge in [-0.15, -0.1) is 0 Å². The van der Waals surface area contributed by atoms with E-state index >= 15 is 0 Å². The van der Waals surface area contributed by atoms with Crippen LogP contribution in [0, 0.1) is 0 Å². The van der Waals surface area contributed by atoms with Crippen molar-refractivity contribution in [2.45, 2.75) is 36.4 Å². The van der Waals surface area contributed by atoms with Crippen LogP contribution in [-0.4, -0.2) is 15.2 Å². The number of nitrogens with zero attached hydrogens (tertiary/aromatic N) is 2. The first-order valence-electron chi connectivity index (χ1n) is 5.00. The molecule has 2 heterocycles. The van der Waals surface area contributed by atoms with Crippen LogP contribution in [0.2, 0.25) is 0 Å². The van der Waals surface area contributed by atoms with Crippen LogP contribution in [0.25, 0.3) is 0 Å². The number of nitrogen functional groups attached to an aromatic ring is 1. The zero-order valence-electron chi connectivity index (χ0n) is 8.99. The van der Waals surface area contributed by atoms with Crippen LogP contribution >= 0.6 is 23.5 Å². The smallest absolute Gasteiger partial charge is 0.140 e. The van der Waals surface area contributed by atoms with Gasteiger partial charge in [-0.2, -0.15) is 23.5 Å². The number of hydrogen-bond donors (Lipinski definition) is 1. The van der Waals surface area contributed by atoms with Crippen molar-refractivity contribution in [3.63, 3.8) is 0 Å². The van der Waals surface area contributed by atoms with E-state index in [2.05, 4.69) is 23.8 Å². The molecule has 2 rings (SSSR count). The Morgan fingerprint density at radius 2 is 2.20 bits per heavy atom. The SMILES string of the molecule is CC(C)SCc1nc(N)c2c(n1)CSC2. The minimum absolute atomic E-state index is 0.609. The van der Waals surface area contributed by atoms with Crippen LogP contribution in [0.3, 0.4) is 0 Å². The summed E-state index contributed by atoms with van der Waals surface area (Å²) in [7, 11) is 0. The van der Waals surface area contributed by atoms with Crippen LogP contribution in [0.5, 0.6) is 0 Å². The molecule has 0 saturated carbocycles. The van der Waals surface area contributed by atoms with Gasteiger partial charge in [-0.25, -0.2) is 9.97 Å². The maximum absolute atomic E-state index is 5.91. The molecule has 0 bridgehead atoms. The van der Waals surface area contributed by atoms with E-state index in [9.17, 15) is 0 Å². The Hall–Kier alpha value is -0.420. The molecule has 0 saturated heterocycles. The van der Waals surface area contributed by atoms with E-state index in [-0.39, 0.29) is 0 Å². The lowest BCUT2D eigenvalue weighted by Crippen LogP contribution is -2.05. The van der Waals surface area contributed by atoms with Gasteiger partial charge in [0, 0.05) is 17.1 Å². The minimum Gasteiger partial charge on any atom is -0.383 e. The van der Waals surface area contributed by atoms with Gasteiger partial charge in [0.05, 0.1) is 11.4 Å². The van der Waals surface area contributed by atoms with E-state index in [0.717, 1.165) is 34.3 Å². The molecule has 0 spiro atoms. The normalized spacial score (nSPS) is 14.6. The summed E-state index contributed by atoms with van der Waals surface area (Å²) >= 11 is 3.71. The second-order valence-corrected chi connectivity index (χ2v) is 6.35. The van der Waals surface area contributed by atoms with E-state index in [0.29, 0.717) is 11.1 Å². The third kappa shape index (κ3) is 2.58. The summed E-state index contributed by atoms with van der Waals surface area (Å²) in [5, 5.41) is 0.609. The van der Waals surface area contributed by atoms with Gasteiger partial charge in [-0.1, -0.05) is 13.8 Å². The quantitative estimate of drug-likeness (QED) is 0.881. The highest BCUT2D eigenvalue weighted by Gasteiger charge is 2.17. The summed E-state index contributed by atoms with van der Waals surface area (Å²) in [6.45, 7) is 4.36. The number of rotatable bonds is 3. The zero-order valence-corrected chi connectivity index (χ0v) is 10.6. The molecule has 1 aliphatic rings. The van der Waals surface area contributed by atoms with Gasteiger partial charge in [0.2, 0.25) is 0 Å². The first-order chi connectivity index (χ1) is 7.16. The fourth-order valence-corrected chi connectivity index (χ4v) is 3.10. The molecule has 0 atom stereocenters. The standard InChI is InChI=1S/C10H15N3S2/c1-6(2)15-5-9-12-8-4-14-3-7(8)10(11)13-9/h6H,3-5H2,1-2H3,(H2,11,12,13). The lowest BCUT2D eigenvalue weighted by atomic mass is 10.2. The Morgan fingerprint density at radius 3 is 2.93 bits per heavy atom. The Morgan fingerprint density at radius 1 is 1.40 bits per heavy atom. The van der Waals surface area contributed by atoms with Gasteiger partial charge in [-0.3, -0.25) is 0 Å². The van der Waals surface area contributed by atoms with Crippen LogP contribution in [0.15, 0.2) is 0 Å². The fraction of sp³-hybridized carbons (Fsp3) is 0.600. The molecule has 2 N–H and O–H groups in total. The Kier molecular flexibility index (Phi) is 3.41. The topological polar surface area (TPSA) is 51.8 Å². The number of thioether (sulfide) groups is 2. The lowest BCUT2D eigenvalue weighted by molar-refractivity contribution is 0.977. The highest BCUT2D eigenvalue weighted by Crippen LogP contribution is 2.31. The molecule has 82 valence electrons. The molecule has 1 aromatic rings. The molecule has 0 radical (unpaired) electrons. The number of aromatic nitrogens is 2. The second kappa shape index (κ2) is 4.61. The average molecular weight is 241 g/mol. The summed E-state index contributed by atoms with van der Waals surface area (Å²) in [4.78, 5) is 8.90. The average Bonchev–Trinajstić information content (AvgIpc) is 2.63. The van der Waals surface area contributed by atoms with Gasteiger partial charge in [0.1, 0.15) is 11.6 Å². The molecular weight excluding hydrogens is 226 g/mol. The van der Waals surface area contributed by atoms with Crippen molar-refractivity contribution in [1.29, 1.82) is 0 Å². The van der Waals surface area contributed by atoms with Crippen LogP contribution in [-0.2, 0) is 17.3 Å². The molecule has 5 heteroatoms. The van der Waals surface area contributed by atoms with Crippen molar-refractivity contribution in [3.05, 3.63) is 17.1 Å². The highest BCUT2D eigenvalue weighted by molar-refractivity contribution is 7.99. The largest absolute Gasteiger partial charge is 0.383 e. The highest BCUT2D eigenvalue weighted by atomic mass is 32.2. The zero-order chi connectivity index (χ0) is 10.8. The van der Waals surface area contributed by atoms with Gasteiger partial charge in [0.25, 0.3) is 0 Å². The van der Waals surface area contributed by atoms with Gasteiger partial charge in [0.15, 0.2) is 0 Å². The van der Waals surface area contributed by atoms with Gasteiger partial charge < -0.3 is 5.73 Å². The van der Waals surface area contributed by atoms with Crippen LogP contribution < -0.4 is 5.73 Å². The summed E-state index contributed by atoms with van der Waals surface area (Å²) in [5.74, 6) is 4.39. The van der Waals surface area contributed by atoms with Gasteiger partial charge >= 0.3 is 0 Å². The predicted molar refractivity (Wildman–Crippen MR) is 67.9 cm³/mol. The molecule has 1 aliphatic heterocycles. The van der Waals surface area contributed by atoms with Gasteiger partial charge in [-0.05, 0) is 5.25 Å². The van der Waals surface area contributed by atoms with E-state index in [1.807, 2.05) is 23.5 Å². The minimum atomic E-state index is 0.609. The van der Waals surface area contributed by atoms with Crippen molar-refractivity contribution in [1.82, 2.24) is 9.97 Å². The number of fused-ring (bicyclic) bond motifs is 1. The van der Waals surface area contributed by atoms with Crippen molar-refractivity contribution < 1.29 is 0 Å². The van der Waals surface area contributed by atoms with Crippen molar-refractivity contribution in [2.24, 2.45) is 0 Å². The number of hydrogen-bond acceptors (Lipinski definition) is 5.